The molecule has 1 N–H and O–H groups in total. The summed E-state index contributed by atoms with van der Waals surface area (Å²) in [5.74, 6) is -2.26. The molecule has 0 saturated heterocycles. The van der Waals surface area contributed by atoms with E-state index < -0.39 is 30.1 Å². The van der Waals surface area contributed by atoms with Gasteiger partial charge in [-0.1, -0.05) is 44.7 Å². The van der Waals surface area contributed by atoms with Crippen molar-refractivity contribution in [3.8, 4) is 0 Å². The molecule has 0 radical (unpaired) electrons. The molecule has 0 heterocycles. The van der Waals surface area contributed by atoms with Crippen molar-refractivity contribution in [3.63, 3.8) is 0 Å². The summed E-state index contributed by atoms with van der Waals surface area (Å²) in [6.07, 6.45) is -1.61. The van der Waals surface area contributed by atoms with E-state index in [9.17, 15) is 9.59 Å². The SMILES string of the molecule is C=C(C)C(=O)OC(C)(COOC(C)(C)c1ccc(C(C)C)cc1)OC(=O)O. The van der Waals surface area contributed by atoms with Crippen molar-refractivity contribution in [1.82, 2.24) is 0 Å². The molecule has 150 valence electrons. The van der Waals surface area contributed by atoms with Crippen LogP contribution in [0.2, 0.25) is 0 Å². The van der Waals surface area contributed by atoms with Crippen LogP contribution in [0.1, 0.15) is 58.6 Å². The minimum atomic E-state index is -1.88. The van der Waals surface area contributed by atoms with E-state index in [2.05, 4.69) is 25.2 Å². The summed E-state index contributed by atoms with van der Waals surface area (Å²) in [4.78, 5) is 33.3. The first-order chi connectivity index (χ1) is 12.4. The second kappa shape index (κ2) is 9.01. The Bertz CT molecular complexity index is 676. The summed E-state index contributed by atoms with van der Waals surface area (Å²) in [7, 11) is 0. The molecule has 27 heavy (non-hydrogen) atoms. The van der Waals surface area contributed by atoms with Crippen molar-refractivity contribution in [1.29, 1.82) is 0 Å². The van der Waals surface area contributed by atoms with E-state index in [0.717, 1.165) is 5.56 Å². The molecule has 0 bridgehead atoms. The predicted octanol–water partition coefficient (Wildman–Crippen LogP) is 4.52. The maximum Gasteiger partial charge on any atom is 0.509 e. The Kier molecular flexibility index (Phi) is 7.56. The van der Waals surface area contributed by atoms with Gasteiger partial charge in [-0.25, -0.2) is 19.4 Å². The largest absolute Gasteiger partial charge is 0.509 e. The Balaban J connectivity index is 2.78. The van der Waals surface area contributed by atoms with Gasteiger partial charge in [0, 0.05) is 12.5 Å². The molecule has 0 aliphatic carbocycles. The number of hydrogen-bond donors (Lipinski definition) is 1. The number of ether oxygens (including phenoxy) is 2. The van der Waals surface area contributed by atoms with Crippen LogP contribution in [0.25, 0.3) is 0 Å². The molecule has 7 nitrogen and oxygen atoms in total. The van der Waals surface area contributed by atoms with Gasteiger partial charge < -0.3 is 14.6 Å². The van der Waals surface area contributed by atoms with Gasteiger partial charge in [-0.05, 0) is 37.8 Å². The standard InChI is InChI=1S/C20H28O7/c1-13(2)15-8-10-16(11-9-15)19(5,6)27-24-12-20(7,26-18(22)23)25-17(21)14(3)4/h8-11,13H,3,12H2,1-2,4-7H3,(H,22,23). The fraction of sp³-hybridized carbons (Fsp3) is 0.500. The summed E-state index contributed by atoms with van der Waals surface area (Å²) < 4.78 is 9.67. The lowest BCUT2D eigenvalue weighted by Gasteiger charge is -2.30. The Morgan fingerprint density at radius 1 is 1.11 bits per heavy atom. The van der Waals surface area contributed by atoms with Gasteiger partial charge in [-0.15, -0.1) is 0 Å². The number of rotatable bonds is 9. The zero-order valence-corrected chi connectivity index (χ0v) is 16.7. The average Bonchev–Trinajstić information content (AvgIpc) is 2.53. The van der Waals surface area contributed by atoms with E-state index in [1.807, 2.05) is 24.3 Å². The lowest BCUT2D eigenvalue weighted by atomic mass is 9.94. The second-order valence-electron chi connectivity index (χ2n) is 7.30. The van der Waals surface area contributed by atoms with Gasteiger partial charge in [-0.3, -0.25) is 0 Å². The Morgan fingerprint density at radius 2 is 1.67 bits per heavy atom. The molecule has 0 saturated carbocycles. The molecule has 0 aliphatic rings. The zero-order chi connectivity index (χ0) is 20.8. The van der Waals surface area contributed by atoms with Gasteiger partial charge in [0.05, 0.1) is 0 Å². The van der Waals surface area contributed by atoms with Crippen LogP contribution in [0, 0.1) is 0 Å². The van der Waals surface area contributed by atoms with Crippen LogP contribution in [0.15, 0.2) is 36.4 Å². The molecule has 0 spiro atoms. The number of hydrogen-bond acceptors (Lipinski definition) is 6. The van der Waals surface area contributed by atoms with Crippen LogP contribution in [0.4, 0.5) is 4.79 Å². The van der Waals surface area contributed by atoms with Crippen molar-refractivity contribution in [3.05, 3.63) is 47.5 Å². The highest BCUT2D eigenvalue weighted by atomic mass is 17.2. The normalized spacial score (nSPS) is 13.7. The van der Waals surface area contributed by atoms with Crippen LogP contribution in [-0.2, 0) is 29.6 Å². The lowest BCUT2D eigenvalue weighted by molar-refractivity contribution is -0.387. The van der Waals surface area contributed by atoms with Crippen LogP contribution in [0.3, 0.4) is 0 Å². The number of esters is 1. The number of carbonyl (C=O) groups is 2. The molecule has 1 atom stereocenters. The minimum absolute atomic E-state index is 0.0988. The summed E-state index contributed by atoms with van der Waals surface area (Å²) >= 11 is 0. The van der Waals surface area contributed by atoms with Gasteiger partial charge in [0.25, 0.3) is 5.79 Å². The van der Waals surface area contributed by atoms with E-state index >= 15 is 0 Å². The topological polar surface area (TPSA) is 91.3 Å². The van der Waals surface area contributed by atoms with Gasteiger partial charge in [0.1, 0.15) is 5.60 Å². The summed E-state index contributed by atoms with van der Waals surface area (Å²) in [5, 5.41) is 8.88. The third kappa shape index (κ3) is 7.03. The fourth-order valence-electron chi connectivity index (χ4n) is 2.15. The average molecular weight is 380 g/mol. The van der Waals surface area contributed by atoms with Gasteiger partial charge in [0.2, 0.25) is 0 Å². The molecule has 0 aromatic heterocycles. The summed E-state index contributed by atoms with van der Waals surface area (Å²) in [5.41, 5.74) is 1.34. The van der Waals surface area contributed by atoms with E-state index in [1.54, 1.807) is 13.8 Å². The summed E-state index contributed by atoms with van der Waals surface area (Å²) in [6, 6.07) is 7.90. The van der Waals surface area contributed by atoms with Crippen molar-refractivity contribution in [2.45, 2.75) is 58.8 Å². The molecule has 0 fully saturated rings. The van der Waals surface area contributed by atoms with Crippen LogP contribution in [-0.4, -0.2) is 29.6 Å². The summed E-state index contributed by atoms with van der Waals surface area (Å²) in [6.45, 7) is 13.5. The van der Waals surface area contributed by atoms with Crippen LogP contribution < -0.4 is 0 Å². The molecule has 7 heteroatoms. The highest BCUT2D eigenvalue weighted by Crippen LogP contribution is 2.27. The zero-order valence-electron chi connectivity index (χ0n) is 16.7. The molecule has 1 rings (SSSR count). The fourth-order valence-corrected chi connectivity index (χ4v) is 2.15. The van der Waals surface area contributed by atoms with Gasteiger partial charge in [-0.2, -0.15) is 0 Å². The third-order valence-electron chi connectivity index (χ3n) is 3.82. The molecular formula is C20H28O7. The smallest absolute Gasteiger partial charge is 0.450 e. The molecule has 1 aromatic carbocycles. The van der Waals surface area contributed by atoms with E-state index in [-0.39, 0.29) is 5.57 Å². The number of benzene rings is 1. The third-order valence-corrected chi connectivity index (χ3v) is 3.82. The van der Waals surface area contributed by atoms with Gasteiger partial charge >= 0.3 is 12.1 Å². The second-order valence-corrected chi connectivity index (χ2v) is 7.30. The molecule has 0 amide bonds. The van der Waals surface area contributed by atoms with Crippen LogP contribution >= 0.6 is 0 Å². The Morgan fingerprint density at radius 3 is 2.11 bits per heavy atom. The molecule has 1 aromatic rings. The van der Waals surface area contributed by atoms with Gasteiger partial charge in [0.15, 0.2) is 6.61 Å². The number of carbonyl (C=O) groups excluding carboxylic acids is 1. The van der Waals surface area contributed by atoms with E-state index in [1.165, 1.54) is 19.4 Å². The molecule has 1 unspecified atom stereocenters. The van der Waals surface area contributed by atoms with E-state index in [4.69, 9.17) is 19.6 Å². The monoisotopic (exact) mass is 380 g/mol. The molecule has 0 aliphatic heterocycles. The highest BCUT2D eigenvalue weighted by Gasteiger charge is 2.36. The highest BCUT2D eigenvalue weighted by molar-refractivity contribution is 5.87. The van der Waals surface area contributed by atoms with Crippen molar-refractivity contribution >= 4 is 12.1 Å². The Labute approximate surface area is 159 Å². The van der Waals surface area contributed by atoms with Crippen molar-refractivity contribution < 1.29 is 33.9 Å². The van der Waals surface area contributed by atoms with E-state index in [0.29, 0.717) is 5.92 Å². The maximum atomic E-state index is 11.7. The Hall–Kier alpha value is -2.38. The lowest BCUT2D eigenvalue weighted by Crippen LogP contribution is -2.42. The van der Waals surface area contributed by atoms with Crippen molar-refractivity contribution in [2.24, 2.45) is 0 Å². The first-order valence-corrected chi connectivity index (χ1v) is 8.58. The van der Waals surface area contributed by atoms with Crippen LogP contribution in [0.5, 0.6) is 0 Å². The first kappa shape index (κ1) is 22.7. The predicted molar refractivity (Wildman–Crippen MR) is 99.0 cm³/mol. The first-order valence-electron chi connectivity index (χ1n) is 8.58. The number of carboxylic acid groups (broad SMARTS) is 1. The quantitative estimate of drug-likeness (QED) is 0.221. The minimum Gasteiger partial charge on any atom is -0.450 e. The van der Waals surface area contributed by atoms with Crippen molar-refractivity contribution in [2.75, 3.05) is 6.61 Å². The maximum absolute atomic E-state index is 11.7. The molecular weight excluding hydrogens is 352 g/mol.